The highest BCUT2D eigenvalue weighted by Gasteiger charge is 2.36. The van der Waals surface area contributed by atoms with E-state index in [-0.39, 0.29) is 36.8 Å². The number of nitrogens with two attached hydrogens (primary N) is 1. The number of carbonyl (C=O) groups excluding carboxylic acids is 3. The first-order chi connectivity index (χ1) is 21.7. The molecule has 1 aliphatic heterocycles. The minimum absolute atomic E-state index is 0.134. The van der Waals surface area contributed by atoms with Gasteiger partial charge in [-0.2, -0.15) is 9.59 Å². The first-order valence-corrected chi connectivity index (χ1v) is 15.7. The number of ether oxygens (including phenoxy) is 3. The minimum atomic E-state index is -3.58. The summed E-state index contributed by atoms with van der Waals surface area (Å²) in [7, 11) is -3.58. The summed E-state index contributed by atoms with van der Waals surface area (Å²) in [6, 6.07) is 8.52. The number of hydrogen-bond donors (Lipinski definition) is 3. The zero-order chi connectivity index (χ0) is 34.5. The molecule has 0 radical (unpaired) electrons. The standard InChI is InChI=1S/C22H25FN5O6P.C5H10O3.CO2/c1-3-31-22(29)14(2)10-35(30,34-15-7-5-4-6-8-15)13-32-17-9-16(23)21(33-17)28-12-27-18-19(24)25-11-26-20(18)28;1-3-5(2,8)4(6)7;2-1-3/h4-9,11-12,14,17,21H,3,10,13H2,1-2H3,(H2,24,25,26);8H,3H2,1-2H3,(H,6,7);/t14-,17+,21-,35-;;/m1../s1. The van der Waals surface area contributed by atoms with Gasteiger partial charge in [0.05, 0.1) is 25.0 Å². The maximum absolute atomic E-state index is 14.8. The Morgan fingerprint density at radius 3 is 2.43 bits per heavy atom. The lowest BCUT2D eigenvalue weighted by Crippen LogP contribution is -2.33. The van der Waals surface area contributed by atoms with Crippen LogP contribution in [0.15, 0.2) is 54.9 Å². The number of rotatable bonds is 12. The molecule has 5 atom stereocenters. The first kappa shape index (κ1) is 37.7. The fraction of sp³-hybridized carbons (Fsp3) is 0.429. The number of carbonyl (C=O) groups is 2. The highest BCUT2D eigenvalue weighted by atomic mass is 31.2. The van der Waals surface area contributed by atoms with E-state index in [4.69, 9.17) is 44.3 Å². The maximum atomic E-state index is 14.8. The number of para-hydroxylation sites is 1. The summed E-state index contributed by atoms with van der Waals surface area (Å²) in [6.07, 6.45) is 1.25. The zero-order valence-corrected chi connectivity index (χ0v) is 26.3. The molecular formula is C28H35FN5O11P. The number of aliphatic carboxylic acids is 1. The van der Waals surface area contributed by atoms with Crippen molar-refractivity contribution >= 4 is 42.4 Å². The Hall–Kier alpha value is -4.53. The van der Waals surface area contributed by atoms with Gasteiger partial charge in [-0.25, -0.2) is 24.1 Å². The maximum Gasteiger partial charge on any atom is 0.373 e. The molecule has 0 fully saturated rings. The van der Waals surface area contributed by atoms with Crippen LogP contribution in [0.25, 0.3) is 11.2 Å². The van der Waals surface area contributed by atoms with Crippen molar-refractivity contribution in [2.24, 2.45) is 5.92 Å². The van der Waals surface area contributed by atoms with Crippen LogP contribution in [-0.2, 0) is 38.0 Å². The van der Waals surface area contributed by atoms with Crippen LogP contribution in [0.2, 0.25) is 0 Å². The van der Waals surface area contributed by atoms with E-state index < -0.39 is 55.5 Å². The first-order valence-electron chi connectivity index (χ1n) is 13.7. The molecule has 0 spiro atoms. The number of aromatic nitrogens is 4. The molecule has 4 rings (SSSR count). The summed E-state index contributed by atoms with van der Waals surface area (Å²) >= 11 is 0. The van der Waals surface area contributed by atoms with Crippen LogP contribution in [0.5, 0.6) is 5.75 Å². The van der Waals surface area contributed by atoms with Gasteiger partial charge < -0.3 is 34.7 Å². The second-order valence-corrected chi connectivity index (χ2v) is 12.3. The Balaban J connectivity index is 0.000000577. The predicted molar refractivity (Wildman–Crippen MR) is 158 cm³/mol. The SMILES string of the molecule is CCC(C)(O)C(=O)O.CCOC(=O)[C@H](C)C[P@](=O)(CO[C@@H]1C=C(F)[C@H](n2cnc3c(N)ncnc32)O1)Oc1ccccc1.O=C=O. The molecule has 2 aromatic heterocycles. The zero-order valence-electron chi connectivity index (χ0n) is 25.4. The number of halogens is 1. The predicted octanol–water partition coefficient (Wildman–Crippen LogP) is 3.30. The number of nitrogens with zero attached hydrogens (tertiary/aromatic N) is 4. The molecule has 16 nitrogen and oxygen atoms in total. The van der Waals surface area contributed by atoms with Gasteiger partial charge in [-0.15, -0.1) is 0 Å². The van der Waals surface area contributed by atoms with Gasteiger partial charge in [-0.05, 0) is 32.4 Å². The molecule has 1 unspecified atom stereocenters. The highest BCUT2D eigenvalue weighted by molar-refractivity contribution is 7.59. The van der Waals surface area contributed by atoms with E-state index in [0.29, 0.717) is 11.3 Å². The molecule has 0 saturated heterocycles. The number of imidazole rings is 1. The van der Waals surface area contributed by atoms with Gasteiger partial charge in [-0.1, -0.05) is 32.0 Å². The average molecular weight is 668 g/mol. The van der Waals surface area contributed by atoms with Crippen molar-refractivity contribution in [3.05, 3.63) is 54.9 Å². The van der Waals surface area contributed by atoms with E-state index in [9.17, 15) is 18.5 Å². The molecule has 0 aliphatic carbocycles. The van der Waals surface area contributed by atoms with Crippen LogP contribution in [0.4, 0.5) is 10.2 Å². The molecule has 250 valence electrons. The van der Waals surface area contributed by atoms with Gasteiger partial charge in [0.15, 0.2) is 35.4 Å². The summed E-state index contributed by atoms with van der Waals surface area (Å²) in [5.74, 6) is -2.52. The van der Waals surface area contributed by atoms with Gasteiger partial charge in [0.2, 0.25) is 0 Å². The lowest BCUT2D eigenvalue weighted by Gasteiger charge is -2.23. The summed E-state index contributed by atoms with van der Waals surface area (Å²) in [4.78, 5) is 50.4. The van der Waals surface area contributed by atoms with Gasteiger partial charge in [0.25, 0.3) is 7.37 Å². The summed E-state index contributed by atoms with van der Waals surface area (Å²) in [6.45, 7) is 6.37. The van der Waals surface area contributed by atoms with Crippen LogP contribution >= 0.6 is 7.37 Å². The quantitative estimate of drug-likeness (QED) is 0.186. The lowest BCUT2D eigenvalue weighted by atomic mass is 10.1. The number of nitrogen functional groups attached to an aromatic ring is 1. The summed E-state index contributed by atoms with van der Waals surface area (Å²) in [5.41, 5.74) is 4.84. The molecule has 3 aromatic rings. The Labute approximate surface area is 262 Å². The Morgan fingerprint density at radius 2 is 1.87 bits per heavy atom. The van der Waals surface area contributed by atoms with E-state index in [0.717, 1.165) is 6.08 Å². The van der Waals surface area contributed by atoms with Crippen molar-refractivity contribution in [1.82, 2.24) is 19.5 Å². The van der Waals surface area contributed by atoms with Crippen molar-refractivity contribution < 1.29 is 57.1 Å². The topological polar surface area (TPSA) is 232 Å². The van der Waals surface area contributed by atoms with Gasteiger partial charge in [-0.3, -0.25) is 13.9 Å². The van der Waals surface area contributed by atoms with Gasteiger partial charge >= 0.3 is 18.1 Å². The minimum Gasteiger partial charge on any atom is -0.479 e. The third kappa shape index (κ3) is 10.5. The van der Waals surface area contributed by atoms with Crippen molar-refractivity contribution in [3.63, 3.8) is 0 Å². The molecule has 1 aliphatic rings. The number of aliphatic hydroxyl groups is 1. The van der Waals surface area contributed by atoms with Crippen LogP contribution < -0.4 is 10.3 Å². The second-order valence-electron chi connectivity index (χ2n) is 9.86. The van der Waals surface area contributed by atoms with Crippen molar-refractivity contribution in [2.75, 3.05) is 24.9 Å². The third-order valence-corrected chi connectivity index (χ3v) is 8.46. The Bertz CT molecular complexity index is 1580. The Morgan fingerprint density at radius 1 is 1.22 bits per heavy atom. The van der Waals surface area contributed by atoms with Crippen molar-refractivity contribution in [3.8, 4) is 5.75 Å². The largest absolute Gasteiger partial charge is 0.479 e. The fourth-order valence-corrected chi connectivity index (χ4v) is 5.77. The fourth-order valence-electron chi connectivity index (χ4n) is 3.68. The molecule has 3 heterocycles. The van der Waals surface area contributed by atoms with Crippen LogP contribution in [0.1, 0.15) is 40.3 Å². The van der Waals surface area contributed by atoms with Crippen molar-refractivity contribution in [2.45, 2.75) is 52.2 Å². The van der Waals surface area contributed by atoms with Gasteiger partial charge in [0, 0.05) is 6.08 Å². The molecule has 0 bridgehead atoms. The van der Waals surface area contributed by atoms with Crippen LogP contribution in [0, 0.1) is 5.92 Å². The number of fused-ring (bicyclic) bond motifs is 1. The average Bonchev–Trinajstić information content (AvgIpc) is 3.61. The number of carboxylic acid groups (broad SMARTS) is 1. The summed E-state index contributed by atoms with van der Waals surface area (Å²) in [5, 5.41) is 17.0. The molecule has 0 saturated carbocycles. The molecule has 1 aromatic carbocycles. The molecule has 46 heavy (non-hydrogen) atoms. The number of benzene rings is 1. The van der Waals surface area contributed by atoms with Gasteiger partial charge in [0.1, 0.15) is 23.9 Å². The van der Waals surface area contributed by atoms with E-state index >= 15 is 0 Å². The monoisotopic (exact) mass is 667 g/mol. The normalized spacial score (nSPS) is 18.6. The lowest BCUT2D eigenvalue weighted by molar-refractivity contribution is -0.191. The Kier molecular flexibility index (Phi) is 14.1. The number of esters is 1. The van der Waals surface area contributed by atoms with E-state index in [1.54, 1.807) is 51.1 Å². The van der Waals surface area contributed by atoms with E-state index in [1.807, 2.05) is 0 Å². The third-order valence-electron chi connectivity index (χ3n) is 6.27. The van der Waals surface area contributed by atoms with E-state index in [1.165, 1.54) is 24.1 Å². The van der Waals surface area contributed by atoms with Crippen molar-refractivity contribution in [1.29, 1.82) is 0 Å². The smallest absolute Gasteiger partial charge is 0.373 e. The number of carboxylic acids is 1. The van der Waals surface area contributed by atoms with E-state index in [2.05, 4.69) is 15.0 Å². The van der Waals surface area contributed by atoms with Crippen LogP contribution in [-0.4, -0.2) is 78.8 Å². The summed E-state index contributed by atoms with van der Waals surface area (Å²) < 4.78 is 51.9. The second kappa shape index (κ2) is 17.2. The molecule has 4 N–H and O–H groups in total. The molecule has 18 heteroatoms. The molecule has 0 amide bonds. The highest BCUT2D eigenvalue weighted by Crippen LogP contribution is 2.49. The molecular weight excluding hydrogens is 632 g/mol. The number of hydrogen-bond acceptors (Lipinski definition) is 14. The van der Waals surface area contributed by atoms with Crippen LogP contribution in [0.3, 0.4) is 0 Å². The number of anilines is 1.